The topological polar surface area (TPSA) is 54.6 Å². The van der Waals surface area contributed by atoms with Crippen LogP contribution in [-0.2, 0) is 0 Å². The van der Waals surface area contributed by atoms with Crippen LogP contribution < -0.4 is 15.4 Å². The molecule has 1 aromatic heterocycles. The summed E-state index contributed by atoms with van der Waals surface area (Å²) in [5, 5.41) is 0. The van der Waals surface area contributed by atoms with Crippen LogP contribution >= 0.6 is 0 Å². The number of nitrogen functional groups attached to an aromatic ring is 1. The van der Waals surface area contributed by atoms with Crippen molar-refractivity contribution in [2.45, 2.75) is 6.04 Å². The van der Waals surface area contributed by atoms with E-state index in [0.29, 0.717) is 24.3 Å². The third-order valence-electron chi connectivity index (χ3n) is 3.27. The van der Waals surface area contributed by atoms with Crippen molar-refractivity contribution in [2.75, 3.05) is 43.9 Å². The zero-order valence-electron chi connectivity index (χ0n) is 9.39. The fourth-order valence-corrected chi connectivity index (χ4v) is 2.42. The number of ether oxygens (including phenoxy) is 1. The number of hydrogen-bond acceptors (Lipinski definition) is 5. The first-order chi connectivity index (χ1) is 7.74. The minimum Gasteiger partial charge on any atom is -0.474 e. The molecule has 16 heavy (non-hydrogen) atoms. The Morgan fingerprint density at radius 1 is 1.44 bits per heavy atom. The molecule has 1 fully saturated rings. The van der Waals surface area contributed by atoms with Crippen LogP contribution in [0.25, 0.3) is 0 Å². The number of anilines is 2. The molecule has 2 aliphatic heterocycles. The number of aromatic nitrogens is 1. The van der Waals surface area contributed by atoms with Gasteiger partial charge in [0.25, 0.3) is 0 Å². The predicted octanol–water partition coefficient (Wildman–Crippen LogP) is 0.177. The molecule has 3 rings (SSSR count). The Kier molecular flexibility index (Phi) is 2.14. The molecule has 0 amide bonds. The lowest BCUT2D eigenvalue weighted by atomic mass is 10.1. The fraction of sp³-hybridized carbons (Fsp3) is 0.545. The van der Waals surface area contributed by atoms with Gasteiger partial charge in [0, 0.05) is 19.6 Å². The first-order valence-corrected chi connectivity index (χ1v) is 5.58. The number of nitrogens with two attached hydrogens (primary N) is 1. The Balaban J connectivity index is 1.94. The van der Waals surface area contributed by atoms with Gasteiger partial charge in [-0.05, 0) is 19.2 Å². The second-order valence-corrected chi connectivity index (χ2v) is 4.48. The van der Waals surface area contributed by atoms with E-state index >= 15 is 0 Å². The van der Waals surface area contributed by atoms with Crippen LogP contribution in [0.15, 0.2) is 12.1 Å². The molecule has 0 spiro atoms. The van der Waals surface area contributed by atoms with E-state index < -0.39 is 0 Å². The van der Waals surface area contributed by atoms with Crippen molar-refractivity contribution in [3.05, 3.63) is 12.1 Å². The summed E-state index contributed by atoms with van der Waals surface area (Å²) < 4.78 is 5.66. The standard InChI is InChI=1S/C11H16N4O/c1-14-4-5-15-8(6-14)7-16-11-9(15)2-3-10(12)13-11/h2-3,8H,4-7H2,1H3,(H2,12,13)/t8-/m1/s1. The van der Waals surface area contributed by atoms with Crippen molar-refractivity contribution < 1.29 is 4.74 Å². The molecular formula is C11H16N4O. The maximum atomic E-state index is 5.66. The van der Waals surface area contributed by atoms with E-state index in [1.165, 1.54) is 0 Å². The largest absolute Gasteiger partial charge is 0.474 e. The average molecular weight is 220 g/mol. The van der Waals surface area contributed by atoms with Crippen molar-refractivity contribution in [2.24, 2.45) is 0 Å². The maximum absolute atomic E-state index is 5.66. The summed E-state index contributed by atoms with van der Waals surface area (Å²) in [7, 11) is 2.15. The van der Waals surface area contributed by atoms with Crippen molar-refractivity contribution >= 4 is 11.5 Å². The van der Waals surface area contributed by atoms with E-state index in [1.807, 2.05) is 12.1 Å². The molecule has 0 aliphatic carbocycles. The van der Waals surface area contributed by atoms with Crippen molar-refractivity contribution in [1.29, 1.82) is 0 Å². The first kappa shape index (κ1) is 9.72. The number of fused-ring (bicyclic) bond motifs is 3. The lowest BCUT2D eigenvalue weighted by Gasteiger charge is -2.44. The second-order valence-electron chi connectivity index (χ2n) is 4.48. The molecule has 5 nitrogen and oxygen atoms in total. The van der Waals surface area contributed by atoms with Gasteiger partial charge in [0.15, 0.2) is 0 Å². The Morgan fingerprint density at radius 2 is 2.31 bits per heavy atom. The quantitative estimate of drug-likeness (QED) is 0.676. The van der Waals surface area contributed by atoms with Gasteiger partial charge < -0.3 is 20.3 Å². The van der Waals surface area contributed by atoms with Crippen LogP contribution in [0.1, 0.15) is 0 Å². The molecule has 0 aromatic carbocycles. The average Bonchev–Trinajstić information content (AvgIpc) is 2.28. The van der Waals surface area contributed by atoms with Gasteiger partial charge in [-0.3, -0.25) is 0 Å². The van der Waals surface area contributed by atoms with Gasteiger partial charge in [-0.1, -0.05) is 0 Å². The van der Waals surface area contributed by atoms with Gasteiger partial charge in [0.1, 0.15) is 18.1 Å². The van der Waals surface area contributed by atoms with Gasteiger partial charge in [0.05, 0.1) is 6.04 Å². The highest BCUT2D eigenvalue weighted by Crippen LogP contribution is 2.33. The second kappa shape index (κ2) is 3.52. The van der Waals surface area contributed by atoms with Crippen LogP contribution in [0, 0.1) is 0 Å². The molecule has 0 unspecified atom stereocenters. The molecular weight excluding hydrogens is 204 g/mol. The van der Waals surface area contributed by atoms with E-state index in [-0.39, 0.29) is 0 Å². The molecule has 0 saturated carbocycles. The molecule has 2 aliphatic rings. The van der Waals surface area contributed by atoms with Crippen LogP contribution in [-0.4, -0.2) is 49.2 Å². The van der Waals surface area contributed by atoms with Gasteiger partial charge in [-0.15, -0.1) is 0 Å². The Labute approximate surface area is 94.8 Å². The zero-order valence-corrected chi connectivity index (χ0v) is 9.39. The van der Waals surface area contributed by atoms with Gasteiger partial charge in [0.2, 0.25) is 5.88 Å². The lowest BCUT2D eigenvalue weighted by Crippen LogP contribution is -2.56. The van der Waals surface area contributed by atoms with Crippen molar-refractivity contribution in [1.82, 2.24) is 9.88 Å². The van der Waals surface area contributed by atoms with E-state index in [4.69, 9.17) is 10.5 Å². The number of nitrogens with zero attached hydrogens (tertiary/aromatic N) is 3. The van der Waals surface area contributed by atoms with E-state index in [0.717, 1.165) is 25.3 Å². The molecule has 3 heterocycles. The molecule has 0 bridgehead atoms. The Morgan fingerprint density at radius 3 is 3.19 bits per heavy atom. The van der Waals surface area contributed by atoms with Crippen LogP contribution in [0.3, 0.4) is 0 Å². The van der Waals surface area contributed by atoms with Crippen LogP contribution in [0.5, 0.6) is 5.88 Å². The first-order valence-electron chi connectivity index (χ1n) is 5.58. The number of likely N-dealkylation sites (N-methyl/N-ethyl adjacent to an activating group) is 1. The summed E-state index contributed by atoms with van der Waals surface area (Å²) in [6.07, 6.45) is 0. The summed E-state index contributed by atoms with van der Waals surface area (Å²) in [4.78, 5) is 8.94. The molecule has 2 N–H and O–H groups in total. The zero-order chi connectivity index (χ0) is 11.1. The number of hydrogen-bond donors (Lipinski definition) is 1. The van der Waals surface area contributed by atoms with Gasteiger partial charge in [-0.25, -0.2) is 0 Å². The highest BCUT2D eigenvalue weighted by molar-refractivity contribution is 5.60. The smallest absolute Gasteiger partial charge is 0.239 e. The summed E-state index contributed by atoms with van der Waals surface area (Å²) in [5.74, 6) is 1.20. The fourth-order valence-electron chi connectivity index (χ4n) is 2.42. The number of pyridine rings is 1. The van der Waals surface area contributed by atoms with E-state index in [1.54, 1.807) is 0 Å². The minimum absolute atomic E-state index is 0.441. The monoisotopic (exact) mass is 220 g/mol. The molecule has 1 atom stereocenters. The highest BCUT2D eigenvalue weighted by atomic mass is 16.5. The molecule has 0 radical (unpaired) electrons. The van der Waals surface area contributed by atoms with Gasteiger partial charge >= 0.3 is 0 Å². The summed E-state index contributed by atoms with van der Waals surface area (Å²) in [6, 6.07) is 4.29. The van der Waals surface area contributed by atoms with Gasteiger partial charge in [-0.2, -0.15) is 4.98 Å². The Hall–Kier alpha value is -1.49. The predicted molar refractivity (Wildman–Crippen MR) is 62.8 cm³/mol. The van der Waals surface area contributed by atoms with Crippen LogP contribution in [0.2, 0.25) is 0 Å². The van der Waals surface area contributed by atoms with Crippen LogP contribution in [0.4, 0.5) is 11.5 Å². The summed E-state index contributed by atoms with van der Waals surface area (Å²) in [5.41, 5.74) is 6.74. The van der Waals surface area contributed by atoms with Crippen molar-refractivity contribution in [3.63, 3.8) is 0 Å². The SMILES string of the molecule is CN1CCN2c3ccc(N)nc3OC[C@H]2C1. The molecule has 1 aromatic rings. The van der Waals surface area contributed by atoms with Crippen molar-refractivity contribution in [3.8, 4) is 5.88 Å². The third-order valence-corrected chi connectivity index (χ3v) is 3.27. The molecule has 5 heteroatoms. The molecule has 1 saturated heterocycles. The summed E-state index contributed by atoms with van der Waals surface area (Å²) >= 11 is 0. The van der Waals surface area contributed by atoms with E-state index in [9.17, 15) is 0 Å². The normalized spacial score (nSPS) is 24.6. The number of rotatable bonds is 0. The Bertz CT molecular complexity index is 409. The maximum Gasteiger partial charge on any atom is 0.239 e. The minimum atomic E-state index is 0.441. The summed E-state index contributed by atoms with van der Waals surface area (Å²) in [6.45, 7) is 3.86. The van der Waals surface area contributed by atoms with E-state index in [2.05, 4.69) is 21.8 Å². The molecule has 86 valence electrons. The lowest BCUT2D eigenvalue weighted by molar-refractivity contribution is 0.184. The highest BCUT2D eigenvalue weighted by Gasteiger charge is 2.32. The number of piperazine rings is 1. The third kappa shape index (κ3) is 1.48.